The van der Waals surface area contributed by atoms with E-state index in [1.807, 2.05) is 6.07 Å². The first-order valence-corrected chi connectivity index (χ1v) is 18.4. The van der Waals surface area contributed by atoms with E-state index in [1.54, 1.807) is 43.5 Å². The Morgan fingerprint density at radius 3 is 1.62 bits per heavy atom. The smallest absolute Gasteiger partial charge is 0.338 e. The molecule has 9 heteroatoms. The van der Waals surface area contributed by atoms with Crippen molar-refractivity contribution in [3.8, 4) is 11.5 Å². The molecule has 266 valence electrons. The van der Waals surface area contributed by atoms with Gasteiger partial charge >= 0.3 is 5.97 Å². The normalized spacial score (nSPS) is 11.0. The molecule has 2 aromatic rings. The summed E-state index contributed by atoms with van der Waals surface area (Å²) >= 11 is 2.65. The third-order valence-electron chi connectivity index (χ3n) is 8.45. The number of anilines is 1. The number of hydrogen-bond donors (Lipinski definition) is 1. The van der Waals surface area contributed by atoms with Crippen molar-refractivity contribution in [3.05, 3.63) is 53.6 Å². The van der Waals surface area contributed by atoms with Crippen LogP contribution in [-0.4, -0.2) is 70.0 Å². The Kier molecular flexibility index (Phi) is 23.8. The minimum Gasteiger partial charge on any atom is -0.493 e. The number of quaternary nitrogens is 1. The SMILES string of the molecule is CCCCCCCCOc1cc(OCCCCCCCC)cc(C(=O)Nc2ccc(C(=O)OCC[N+](C)(CC)CC)cc2)c1.COBr. The summed E-state index contributed by atoms with van der Waals surface area (Å²) in [7, 11) is 3.70. The van der Waals surface area contributed by atoms with Crippen molar-refractivity contribution in [1.82, 2.24) is 0 Å². The second-order valence-corrected chi connectivity index (χ2v) is 12.9. The third kappa shape index (κ3) is 19.1. The molecule has 0 atom stereocenters. The molecule has 0 spiro atoms. The zero-order valence-corrected chi connectivity index (χ0v) is 31.6. The molecule has 0 bridgehead atoms. The third-order valence-corrected chi connectivity index (χ3v) is 8.45. The van der Waals surface area contributed by atoms with E-state index >= 15 is 0 Å². The zero-order chi connectivity index (χ0) is 34.8. The highest BCUT2D eigenvalue weighted by molar-refractivity contribution is 9.06. The summed E-state index contributed by atoms with van der Waals surface area (Å²) in [6, 6.07) is 12.2. The van der Waals surface area contributed by atoms with Crippen LogP contribution in [0.3, 0.4) is 0 Å². The van der Waals surface area contributed by atoms with Gasteiger partial charge in [-0.1, -0.05) is 78.1 Å². The molecule has 0 aliphatic heterocycles. The van der Waals surface area contributed by atoms with Gasteiger partial charge in [-0.15, -0.1) is 0 Å². The average molecular weight is 723 g/mol. The van der Waals surface area contributed by atoms with Crippen LogP contribution in [0.4, 0.5) is 5.69 Å². The molecule has 0 heterocycles. The standard InChI is InChI=1S/C37H58N2O5.CH3BrO/c1-6-10-12-14-16-18-25-42-34-28-32(29-35(30-34)43-26-19-17-15-13-11-7-2)36(40)38-33-22-20-31(21-23-33)37(41)44-27-24-39(5,8-3)9-4;1-3-2/h20-23,28-30H,6-19,24-27H2,1-5H3;1H3/p+1. The van der Waals surface area contributed by atoms with Crippen LogP contribution in [0, 0.1) is 0 Å². The van der Waals surface area contributed by atoms with Crippen LogP contribution in [0.25, 0.3) is 0 Å². The average Bonchev–Trinajstić information content (AvgIpc) is 3.08. The fourth-order valence-electron chi connectivity index (χ4n) is 4.89. The van der Waals surface area contributed by atoms with Crippen LogP contribution in [0.15, 0.2) is 42.5 Å². The number of esters is 1. The topological polar surface area (TPSA) is 83.1 Å². The summed E-state index contributed by atoms with van der Waals surface area (Å²) in [5.41, 5.74) is 1.53. The number of likely N-dealkylation sites (N-methyl/N-ethyl adjacent to an activating group) is 1. The number of ether oxygens (including phenoxy) is 3. The minimum atomic E-state index is -0.357. The lowest BCUT2D eigenvalue weighted by Gasteiger charge is -2.31. The summed E-state index contributed by atoms with van der Waals surface area (Å²) in [6.07, 6.45) is 14.3. The van der Waals surface area contributed by atoms with E-state index in [2.05, 4.69) is 60.1 Å². The van der Waals surface area contributed by atoms with E-state index in [9.17, 15) is 9.59 Å². The summed E-state index contributed by atoms with van der Waals surface area (Å²) in [4.78, 5) is 25.8. The van der Waals surface area contributed by atoms with E-state index in [4.69, 9.17) is 14.2 Å². The Hall–Kier alpha value is -2.62. The Balaban J connectivity index is 0.00000354. The number of nitrogens with zero attached hydrogens (tertiary/aromatic N) is 1. The van der Waals surface area contributed by atoms with E-state index < -0.39 is 0 Å². The molecule has 0 aliphatic rings. The van der Waals surface area contributed by atoms with Gasteiger partial charge in [-0.3, -0.25) is 4.79 Å². The number of rotatable bonds is 24. The Bertz CT molecular complexity index is 1070. The highest BCUT2D eigenvalue weighted by Crippen LogP contribution is 2.25. The number of carbonyl (C=O) groups is 2. The van der Waals surface area contributed by atoms with Gasteiger partial charge in [0.2, 0.25) is 0 Å². The summed E-state index contributed by atoms with van der Waals surface area (Å²) in [5, 5.41) is 2.94. The lowest BCUT2D eigenvalue weighted by molar-refractivity contribution is -0.906. The molecule has 0 saturated carbocycles. The van der Waals surface area contributed by atoms with Crippen molar-refractivity contribution in [1.29, 1.82) is 0 Å². The predicted molar refractivity (Wildman–Crippen MR) is 197 cm³/mol. The molecule has 8 nitrogen and oxygen atoms in total. The monoisotopic (exact) mass is 721 g/mol. The maximum Gasteiger partial charge on any atom is 0.338 e. The molecule has 47 heavy (non-hydrogen) atoms. The summed E-state index contributed by atoms with van der Waals surface area (Å²) in [5.74, 6) is 0.668. The fourth-order valence-corrected chi connectivity index (χ4v) is 4.89. The quantitative estimate of drug-likeness (QED) is 0.0660. The van der Waals surface area contributed by atoms with Gasteiger partial charge in [0.15, 0.2) is 0 Å². The lowest BCUT2D eigenvalue weighted by Crippen LogP contribution is -2.46. The molecule has 2 rings (SSSR count). The molecule has 1 amide bonds. The maximum atomic E-state index is 13.3. The van der Waals surface area contributed by atoms with Crippen LogP contribution < -0.4 is 14.8 Å². The maximum absolute atomic E-state index is 13.3. The zero-order valence-electron chi connectivity index (χ0n) is 30.0. The Morgan fingerprint density at radius 2 is 1.15 bits per heavy atom. The van der Waals surface area contributed by atoms with Crippen molar-refractivity contribution in [2.24, 2.45) is 0 Å². The largest absolute Gasteiger partial charge is 0.493 e. The number of hydrogen-bond acceptors (Lipinski definition) is 6. The molecule has 0 radical (unpaired) electrons. The van der Waals surface area contributed by atoms with Crippen LogP contribution in [0.2, 0.25) is 0 Å². The second kappa shape index (κ2) is 26.3. The first kappa shape index (κ1) is 42.4. The molecular formula is C38H62BrN2O6+. The fraction of sp³-hybridized carbons (Fsp3) is 0.632. The van der Waals surface area contributed by atoms with Crippen LogP contribution in [0.5, 0.6) is 11.5 Å². The van der Waals surface area contributed by atoms with Crippen molar-refractivity contribution in [2.45, 2.75) is 105 Å². The van der Waals surface area contributed by atoms with Gasteiger partial charge in [-0.2, -0.15) is 0 Å². The van der Waals surface area contributed by atoms with E-state index in [1.165, 1.54) is 51.4 Å². The number of nitrogens with one attached hydrogen (secondary N) is 1. The van der Waals surface area contributed by atoms with Crippen molar-refractivity contribution < 1.29 is 32.1 Å². The Morgan fingerprint density at radius 1 is 0.681 bits per heavy atom. The van der Waals surface area contributed by atoms with Gasteiger partial charge in [0.25, 0.3) is 5.91 Å². The predicted octanol–water partition coefficient (Wildman–Crippen LogP) is 10.0. The van der Waals surface area contributed by atoms with Gasteiger partial charge in [-0.25, -0.2) is 4.79 Å². The van der Waals surface area contributed by atoms with Crippen LogP contribution >= 0.6 is 16.3 Å². The van der Waals surface area contributed by atoms with Crippen LogP contribution in [0.1, 0.15) is 125 Å². The molecule has 0 aromatic heterocycles. The number of benzene rings is 2. The molecule has 2 aromatic carbocycles. The minimum absolute atomic E-state index is 0.258. The second-order valence-electron chi connectivity index (χ2n) is 12.2. The number of unbranched alkanes of at least 4 members (excludes halogenated alkanes) is 10. The van der Waals surface area contributed by atoms with E-state index in [-0.39, 0.29) is 11.9 Å². The highest BCUT2D eigenvalue weighted by Gasteiger charge is 2.18. The molecule has 0 fully saturated rings. The Labute approximate surface area is 293 Å². The van der Waals surface area contributed by atoms with E-state index in [0.717, 1.165) is 49.8 Å². The molecule has 0 aliphatic carbocycles. The molecule has 0 unspecified atom stereocenters. The van der Waals surface area contributed by atoms with Gasteiger partial charge < -0.3 is 27.8 Å². The van der Waals surface area contributed by atoms with Crippen LogP contribution in [-0.2, 0) is 8.57 Å². The number of carbonyl (C=O) groups excluding carboxylic acids is 2. The number of halogens is 1. The molecule has 1 N–H and O–H groups in total. The van der Waals surface area contributed by atoms with Crippen molar-refractivity contribution >= 4 is 33.8 Å². The summed E-state index contributed by atoms with van der Waals surface area (Å²) in [6.45, 7) is 13.1. The molecule has 0 saturated heterocycles. The van der Waals surface area contributed by atoms with Crippen molar-refractivity contribution in [3.63, 3.8) is 0 Å². The lowest BCUT2D eigenvalue weighted by atomic mass is 10.1. The summed E-state index contributed by atoms with van der Waals surface area (Å²) < 4.78 is 22.5. The van der Waals surface area contributed by atoms with Gasteiger partial charge in [0.05, 0.1) is 62.3 Å². The van der Waals surface area contributed by atoms with Gasteiger partial charge in [0, 0.05) is 17.3 Å². The first-order chi connectivity index (χ1) is 22.7. The van der Waals surface area contributed by atoms with Gasteiger partial charge in [-0.05, 0) is 63.1 Å². The van der Waals surface area contributed by atoms with Crippen molar-refractivity contribution in [2.75, 3.05) is 58.9 Å². The first-order valence-electron chi connectivity index (χ1n) is 17.7. The number of amides is 1. The highest BCUT2D eigenvalue weighted by atomic mass is 79.9. The molecular weight excluding hydrogens is 660 g/mol. The van der Waals surface area contributed by atoms with E-state index in [0.29, 0.717) is 48.1 Å². The van der Waals surface area contributed by atoms with Gasteiger partial charge in [0.1, 0.15) is 24.7 Å².